The molecule has 0 saturated heterocycles. The first-order valence-electron chi connectivity index (χ1n) is 4.16. The van der Waals surface area contributed by atoms with Crippen LogP contribution in [0.4, 0.5) is 0 Å². The van der Waals surface area contributed by atoms with Gasteiger partial charge >= 0.3 is 0 Å². The summed E-state index contributed by atoms with van der Waals surface area (Å²) in [6.07, 6.45) is 0. The third-order valence-corrected chi connectivity index (χ3v) is 3.82. The van der Waals surface area contributed by atoms with Gasteiger partial charge < -0.3 is 4.52 Å². The molecule has 0 N–H and O–H groups in total. The number of rotatable bonds is 4. The normalized spacial score (nSPS) is 14.8. The van der Waals surface area contributed by atoms with Gasteiger partial charge in [-0.15, -0.1) is 0 Å². The Labute approximate surface area is 78.7 Å². The third kappa shape index (κ3) is 2.30. The first-order chi connectivity index (χ1) is 6.23. The van der Waals surface area contributed by atoms with Crippen LogP contribution in [0.25, 0.3) is 0 Å². The van der Waals surface area contributed by atoms with Crippen molar-refractivity contribution in [1.82, 2.24) is 0 Å². The van der Waals surface area contributed by atoms with Gasteiger partial charge in [-0.3, -0.25) is 4.57 Å². The molecule has 0 aliphatic heterocycles. The lowest BCUT2D eigenvalue weighted by Gasteiger charge is -2.12. The van der Waals surface area contributed by atoms with E-state index in [1.54, 1.807) is 12.1 Å². The highest BCUT2D eigenvalue weighted by Gasteiger charge is 2.19. The molecule has 1 rings (SSSR count). The summed E-state index contributed by atoms with van der Waals surface area (Å²) in [5.41, 5.74) is 0. The molecule has 0 bridgehead atoms. The molecule has 13 heavy (non-hydrogen) atoms. The van der Waals surface area contributed by atoms with E-state index in [4.69, 9.17) is 4.52 Å². The summed E-state index contributed by atoms with van der Waals surface area (Å²) < 4.78 is 17.2. The third-order valence-electron chi connectivity index (χ3n) is 1.68. The molecule has 0 heterocycles. The van der Waals surface area contributed by atoms with E-state index in [0.717, 1.165) is 0 Å². The predicted octanol–water partition coefficient (Wildman–Crippen LogP) is 2.77. The van der Waals surface area contributed by atoms with Crippen LogP contribution in [0, 0.1) is 0 Å². The molecule has 0 spiro atoms. The van der Waals surface area contributed by atoms with Crippen molar-refractivity contribution in [3.05, 3.63) is 42.7 Å². The topological polar surface area (TPSA) is 26.3 Å². The average Bonchev–Trinajstić information content (AvgIpc) is 2.19. The van der Waals surface area contributed by atoms with Crippen LogP contribution in [-0.4, -0.2) is 6.61 Å². The van der Waals surface area contributed by atoms with Crippen molar-refractivity contribution in [1.29, 1.82) is 0 Å². The average molecular weight is 196 g/mol. The maximum Gasteiger partial charge on any atom is 0.253 e. The van der Waals surface area contributed by atoms with E-state index in [1.165, 1.54) is 5.82 Å². The Bertz CT molecular complexity index is 319. The van der Waals surface area contributed by atoms with Gasteiger partial charge in [0.1, 0.15) is 0 Å². The molecule has 1 unspecified atom stereocenters. The van der Waals surface area contributed by atoms with E-state index >= 15 is 0 Å². The van der Waals surface area contributed by atoms with Crippen LogP contribution in [0.15, 0.2) is 42.7 Å². The summed E-state index contributed by atoms with van der Waals surface area (Å²) in [5.74, 6) is 1.39. The van der Waals surface area contributed by atoms with Crippen LogP contribution < -0.4 is 5.30 Å². The van der Waals surface area contributed by atoms with Crippen LogP contribution in [0.5, 0.6) is 0 Å². The van der Waals surface area contributed by atoms with E-state index in [-0.39, 0.29) is 0 Å². The zero-order valence-corrected chi connectivity index (χ0v) is 8.54. The predicted molar refractivity (Wildman–Crippen MR) is 55.5 cm³/mol. The molecular weight excluding hydrogens is 183 g/mol. The molecule has 1 atom stereocenters. The zero-order valence-electron chi connectivity index (χ0n) is 7.64. The van der Waals surface area contributed by atoms with Gasteiger partial charge in [-0.1, -0.05) is 24.8 Å². The van der Waals surface area contributed by atoms with Gasteiger partial charge in [-0.2, -0.15) is 0 Å². The van der Waals surface area contributed by atoms with Gasteiger partial charge in [0, 0.05) is 5.30 Å². The van der Waals surface area contributed by atoms with Gasteiger partial charge in [0.25, 0.3) is 7.37 Å². The highest BCUT2D eigenvalue weighted by molar-refractivity contribution is 7.69. The first kappa shape index (κ1) is 10.2. The molecule has 0 aliphatic carbocycles. The summed E-state index contributed by atoms with van der Waals surface area (Å²) in [5, 5.41) is 0.701. The van der Waals surface area contributed by atoms with Gasteiger partial charge in [0.2, 0.25) is 0 Å². The fourth-order valence-corrected chi connectivity index (χ4v) is 2.50. The Kier molecular flexibility index (Phi) is 3.47. The van der Waals surface area contributed by atoms with E-state index in [1.807, 2.05) is 25.1 Å². The second-order valence-corrected chi connectivity index (χ2v) is 4.87. The van der Waals surface area contributed by atoms with Crippen LogP contribution >= 0.6 is 7.37 Å². The van der Waals surface area contributed by atoms with Gasteiger partial charge in [-0.05, 0) is 24.9 Å². The van der Waals surface area contributed by atoms with Gasteiger partial charge in [-0.25, -0.2) is 0 Å². The molecule has 0 saturated carbocycles. The van der Waals surface area contributed by atoms with Crippen molar-refractivity contribution in [2.75, 3.05) is 6.61 Å². The molecule has 0 radical (unpaired) electrons. The minimum atomic E-state index is -2.79. The van der Waals surface area contributed by atoms with E-state index in [0.29, 0.717) is 11.9 Å². The summed E-state index contributed by atoms with van der Waals surface area (Å²) in [4.78, 5) is 0. The minimum Gasteiger partial charge on any atom is -0.323 e. The molecule has 1 aromatic rings. The van der Waals surface area contributed by atoms with Crippen molar-refractivity contribution >= 4 is 12.7 Å². The lowest BCUT2D eigenvalue weighted by Crippen LogP contribution is -2.04. The molecule has 0 amide bonds. The zero-order chi connectivity index (χ0) is 9.73. The summed E-state index contributed by atoms with van der Waals surface area (Å²) in [6, 6.07) is 9.13. The molecule has 0 aromatic heterocycles. The summed E-state index contributed by atoms with van der Waals surface area (Å²) in [6.45, 7) is 5.79. The molecule has 1 aromatic carbocycles. The summed E-state index contributed by atoms with van der Waals surface area (Å²) in [7, 11) is -2.79. The Balaban J connectivity index is 3.03. The largest absolute Gasteiger partial charge is 0.323 e. The van der Waals surface area contributed by atoms with Gasteiger partial charge in [0.05, 0.1) is 6.61 Å². The maximum absolute atomic E-state index is 12.0. The van der Waals surface area contributed by atoms with E-state index < -0.39 is 7.37 Å². The highest BCUT2D eigenvalue weighted by atomic mass is 31.2. The number of hydrogen-bond acceptors (Lipinski definition) is 2. The molecule has 0 fully saturated rings. The molecule has 70 valence electrons. The highest BCUT2D eigenvalue weighted by Crippen LogP contribution is 2.46. The minimum absolute atomic E-state index is 0.429. The molecular formula is C10H13O2P. The van der Waals surface area contributed by atoms with Crippen molar-refractivity contribution in [2.45, 2.75) is 6.92 Å². The van der Waals surface area contributed by atoms with Crippen molar-refractivity contribution in [2.24, 2.45) is 0 Å². The molecule has 2 nitrogen and oxygen atoms in total. The monoisotopic (exact) mass is 196 g/mol. The van der Waals surface area contributed by atoms with Crippen LogP contribution in [0.1, 0.15) is 6.92 Å². The fourth-order valence-electron chi connectivity index (χ4n) is 1.06. The second-order valence-electron chi connectivity index (χ2n) is 2.53. The van der Waals surface area contributed by atoms with E-state index in [9.17, 15) is 4.57 Å². The first-order valence-corrected chi connectivity index (χ1v) is 5.86. The van der Waals surface area contributed by atoms with Crippen molar-refractivity contribution in [3.63, 3.8) is 0 Å². The van der Waals surface area contributed by atoms with E-state index in [2.05, 4.69) is 6.58 Å². The Morgan fingerprint density at radius 2 is 2.08 bits per heavy atom. The standard InChI is InChI=1S/C10H13O2P/c1-3-12-13(11,4-2)10-8-6-5-7-9-10/h4-9H,2-3H2,1H3. The van der Waals surface area contributed by atoms with Crippen LogP contribution in [0.2, 0.25) is 0 Å². The van der Waals surface area contributed by atoms with Crippen LogP contribution in [0.3, 0.4) is 0 Å². The Morgan fingerprint density at radius 1 is 1.46 bits per heavy atom. The second kappa shape index (κ2) is 4.40. The number of hydrogen-bond donors (Lipinski definition) is 0. The molecule has 0 aliphatic rings. The van der Waals surface area contributed by atoms with Crippen molar-refractivity contribution in [3.8, 4) is 0 Å². The van der Waals surface area contributed by atoms with Crippen LogP contribution in [-0.2, 0) is 9.09 Å². The lowest BCUT2D eigenvalue weighted by atomic mass is 10.4. The number of benzene rings is 1. The molecule has 3 heteroatoms. The smallest absolute Gasteiger partial charge is 0.253 e. The Hall–Kier alpha value is -0.850. The Morgan fingerprint density at radius 3 is 2.54 bits per heavy atom. The fraction of sp³-hybridized carbons (Fsp3) is 0.200. The summed E-state index contributed by atoms with van der Waals surface area (Å²) >= 11 is 0. The van der Waals surface area contributed by atoms with Crippen molar-refractivity contribution < 1.29 is 9.09 Å². The quantitative estimate of drug-likeness (QED) is 0.692. The SMILES string of the molecule is C=CP(=O)(OCC)c1ccccc1. The lowest BCUT2D eigenvalue weighted by molar-refractivity contribution is 0.347. The maximum atomic E-state index is 12.0. The van der Waals surface area contributed by atoms with Gasteiger partial charge in [0.15, 0.2) is 0 Å².